The molecule has 1 atom stereocenters. The summed E-state index contributed by atoms with van der Waals surface area (Å²) in [6, 6.07) is 0. The smallest absolute Gasteiger partial charge is 0.116 e. The topological polar surface area (TPSA) is 33.1 Å². The second-order valence-electron chi connectivity index (χ2n) is 2.43. The fourth-order valence-corrected chi connectivity index (χ4v) is 1.26. The van der Waals surface area contributed by atoms with Gasteiger partial charge in [0.05, 0.1) is 6.10 Å². The number of aliphatic hydroxyl groups excluding tert-OH is 1. The van der Waals surface area contributed by atoms with Gasteiger partial charge in [-0.2, -0.15) is 0 Å². The van der Waals surface area contributed by atoms with Crippen LogP contribution in [0.15, 0.2) is 17.2 Å². The highest BCUT2D eigenvalue weighted by Gasteiger charge is 1.98. The van der Waals surface area contributed by atoms with E-state index in [4.69, 9.17) is 5.11 Å². The van der Waals surface area contributed by atoms with E-state index < -0.39 is 0 Å². The molecule has 0 saturated heterocycles. The van der Waals surface area contributed by atoms with E-state index >= 15 is 0 Å². The van der Waals surface area contributed by atoms with Crippen LogP contribution in [0.4, 0.5) is 0 Å². The molecule has 1 N–H and O–H groups in total. The van der Waals surface area contributed by atoms with Crippen LogP contribution in [0, 0.1) is 0 Å². The quantitative estimate of drug-likeness (QED) is 0.733. The van der Waals surface area contributed by atoms with E-state index in [2.05, 4.69) is 4.98 Å². The first-order valence-electron chi connectivity index (χ1n) is 3.46. The van der Waals surface area contributed by atoms with Gasteiger partial charge in [0, 0.05) is 11.6 Å². The number of thiazole rings is 1. The summed E-state index contributed by atoms with van der Waals surface area (Å²) in [6.45, 7) is 3.64. The largest absolute Gasteiger partial charge is 0.389 e. The number of nitrogens with zero attached hydrogens (tertiary/aromatic N) is 1. The molecule has 0 fully saturated rings. The molecule has 60 valence electrons. The van der Waals surface area contributed by atoms with Crippen LogP contribution in [-0.2, 0) is 0 Å². The third kappa shape index (κ3) is 2.44. The molecule has 0 spiro atoms. The predicted molar refractivity (Wildman–Crippen MR) is 47.4 cm³/mol. The SMILES string of the molecule is C/C(=C\c1nccs1)C(C)O. The van der Waals surface area contributed by atoms with Crippen LogP contribution in [0.5, 0.6) is 0 Å². The Morgan fingerprint density at radius 1 is 1.82 bits per heavy atom. The average molecular weight is 169 g/mol. The summed E-state index contributed by atoms with van der Waals surface area (Å²) in [5.41, 5.74) is 0.944. The maximum atomic E-state index is 9.13. The molecule has 1 rings (SSSR count). The summed E-state index contributed by atoms with van der Waals surface area (Å²) in [5.74, 6) is 0. The molecule has 1 aromatic rings. The van der Waals surface area contributed by atoms with Crippen molar-refractivity contribution >= 4 is 17.4 Å². The van der Waals surface area contributed by atoms with Crippen LogP contribution < -0.4 is 0 Å². The molecule has 1 aromatic heterocycles. The highest BCUT2D eigenvalue weighted by atomic mass is 32.1. The predicted octanol–water partition coefficient (Wildman–Crippen LogP) is 1.93. The van der Waals surface area contributed by atoms with Crippen molar-refractivity contribution in [3.63, 3.8) is 0 Å². The van der Waals surface area contributed by atoms with Gasteiger partial charge >= 0.3 is 0 Å². The van der Waals surface area contributed by atoms with Crippen LogP contribution >= 0.6 is 11.3 Å². The van der Waals surface area contributed by atoms with Crippen LogP contribution in [-0.4, -0.2) is 16.2 Å². The van der Waals surface area contributed by atoms with Crippen molar-refractivity contribution in [1.29, 1.82) is 0 Å². The number of hydrogen-bond acceptors (Lipinski definition) is 3. The van der Waals surface area contributed by atoms with Crippen LogP contribution in [0.2, 0.25) is 0 Å². The molecule has 1 unspecified atom stereocenters. The molecule has 3 heteroatoms. The summed E-state index contributed by atoms with van der Waals surface area (Å²) in [6.07, 6.45) is 3.28. The van der Waals surface area contributed by atoms with Gasteiger partial charge in [-0.3, -0.25) is 0 Å². The molecule has 0 aromatic carbocycles. The first kappa shape index (κ1) is 8.43. The molecule has 11 heavy (non-hydrogen) atoms. The van der Waals surface area contributed by atoms with Crippen molar-refractivity contribution in [2.45, 2.75) is 20.0 Å². The lowest BCUT2D eigenvalue weighted by atomic mass is 10.2. The van der Waals surface area contributed by atoms with Crippen molar-refractivity contribution in [2.75, 3.05) is 0 Å². The maximum absolute atomic E-state index is 9.13. The summed E-state index contributed by atoms with van der Waals surface area (Å²) in [7, 11) is 0. The van der Waals surface area contributed by atoms with Crippen LogP contribution in [0.1, 0.15) is 18.9 Å². The number of rotatable bonds is 2. The molecule has 0 aliphatic heterocycles. The summed E-state index contributed by atoms with van der Waals surface area (Å²) >= 11 is 1.57. The van der Waals surface area contributed by atoms with E-state index in [9.17, 15) is 0 Å². The molecule has 0 bridgehead atoms. The summed E-state index contributed by atoms with van der Waals surface area (Å²) in [4.78, 5) is 4.07. The zero-order valence-electron chi connectivity index (χ0n) is 6.61. The zero-order valence-corrected chi connectivity index (χ0v) is 7.43. The molecule has 0 aliphatic rings. The van der Waals surface area contributed by atoms with Crippen molar-refractivity contribution in [2.24, 2.45) is 0 Å². The van der Waals surface area contributed by atoms with Gasteiger partial charge in [0.15, 0.2) is 0 Å². The van der Waals surface area contributed by atoms with Crippen molar-refractivity contribution in [1.82, 2.24) is 4.98 Å². The Labute approximate surface area is 70.2 Å². The van der Waals surface area contributed by atoms with Gasteiger partial charge in [0.2, 0.25) is 0 Å². The van der Waals surface area contributed by atoms with Crippen molar-refractivity contribution < 1.29 is 5.11 Å². The lowest BCUT2D eigenvalue weighted by Crippen LogP contribution is -1.99. The van der Waals surface area contributed by atoms with E-state index in [-0.39, 0.29) is 6.10 Å². The number of aromatic nitrogens is 1. The Balaban J connectivity index is 2.74. The van der Waals surface area contributed by atoms with Gasteiger partial charge in [-0.05, 0) is 25.5 Å². The van der Waals surface area contributed by atoms with E-state index in [0.717, 1.165) is 10.6 Å². The molecule has 1 heterocycles. The molecule has 0 aliphatic carbocycles. The lowest BCUT2D eigenvalue weighted by Gasteiger charge is -2.01. The average Bonchev–Trinajstić information content (AvgIpc) is 2.39. The second kappa shape index (κ2) is 3.64. The molecular formula is C8H11NOS. The van der Waals surface area contributed by atoms with Gasteiger partial charge < -0.3 is 5.11 Å². The van der Waals surface area contributed by atoms with E-state index in [0.29, 0.717) is 0 Å². The summed E-state index contributed by atoms with van der Waals surface area (Å²) < 4.78 is 0. The van der Waals surface area contributed by atoms with E-state index in [1.807, 2.05) is 18.4 Å². The maximum Gasteiger partial charge on any atom is 0.116 e. The third-order valence-electron chi connectivity index (χ3n) is 1.46. The van der Waals surface area contributed by atoms with Crippen LogP contribution in [0.25, 0.3) is 6.08 Å². The minimum atomic E-state index is -0.376. The second-order valence-corrected chi connectivity index (χ2v) is 3.36. The lowest BCUT2D eigenvalue weighted by molar-refractivity contribution is 0.232. The Kier molecular flexibility index (Phi) is 2.79. The Hall–Kier alpha value is -0.670. The van der Waals surface area contributed by atoms with Gasteiger partial charge in [0.25, 0.3) is 0 Å². The van der Waals surface area contributed by atoms with E-state index in [1.165, 1.54) is 0 Å². The monoisotopic (exact) mass is 169 g/mol. The fraction of sp³-hybridized carbons (Fsp3) is 0.375. The molecule has 2 nitrogen and oxygen atoms in total. The molecular weight excluding hydrogens is 158 g/mol. The summed E-state index contributed by atoms with van der Waals surface area (Å²) in [5, 5.41) is 12.0. The number of hydrogen-bond donors (Lipinski definition) is 1. The highest BCUT2D eigenvalue weighted by molar-refractivity contribution is 7.10. The van der Waals surface area contributed by atoms with Crippen molar-refractivity contribution in [3.8, 4) is 0 Å². The van der Waals surface area contributed by atoms with Crippen molar-refractivity contribution in [3.05, 3.63) is 22.2 Å². The highest BCUT2D eigenvalue weighted by Crippen LogP contribution is 2.11. The third-order valence-corrected chi connectivity index (χ3v) is 2.18. The zero-order chi connectivity index (χ0) is 8.27. The van der Waals surface area contributed by atoms with E-state index in [1.54, 1.807) is 24.5 Å². The first-order chi connectivity index (χ1) is 5.20. The minimum Gasteiger partial charge on any atom is -0.389 e. The Morgan fingerprint density at radius 3 is 3.00 bits per heavy atom. The Bertz CT molecular complexity index is 239. The van der Waals surface area contributed by atoms with Crippen LogP contribution in [0.3, 0.4) is 0 Å². The Morgan fingerprint density at radius 2 is 2.55 bits per heavy atom. The standard InChI is InChI=1S/C8H11NOS/c1-6(7(2)10)5-8-9-3-4-11-8/h3-5,7,10H,1-2H3/b6-5+. The minimum absolute atomic E-state index is 0.376. The van der Waals surface area contributed by atoms with Gasteiger partial charge in [-0.1, -0.05) is 0 Å². The molecule has 0 saturated carbocycles. The molecule has 0 amide bonds. The number of aliphatic hydroxyl groups is 1. The van der Waals surface area contributed by atoms with Gasteiger partial charge in [0.1, 0.15) is 5.01 Å². The first-order valence-corrected chi connectivity index (χ1v) is 4.34. The fourth-order valence-electron chi connectivity index (χ4n) is 0.621. The molecule has 0 radical (unpaired) electrons. The van der Waals surface area contributed by atoms with Gasteiger partial charge in [-0.25, -0.2) is 4.98 Å². The van der Waals surface area contributed by atoms with Gasteiger partial charge in [-0.15, -0.1) is 11.3 Å². The normalized spacial score (nSPS) is 15.0.